The number of ketones is 1. The summed E-state index contributed by atoms with van der Waals surface area (Å²) in [5, 5.41) is 3.99. The summed E-state index contributed by atoms with van der Waals surface area (Å²) in [5.41, 5.74) is 0.772. The average Bonchev–Trinajstić information content (AvgIpc) is 3.41. The molecule has 0 radical (unpaired) electrons. The van der Waals surface area contributed by atoms with Gasteiger partial charge >= 0.3 is 5.69 Å². The van der Waals surface area contributed by atoms with Crippen molar-refractivity contribution in [2.24, 2.45) is 5.92 Å². The number of carbonyl (C=O) groups excluding carboxylic acids is 1. The smallest absolute Gasteiger partial charge is 0.331 e. The molecule has 1 heterocycles. The lowest BCUT2D eigenvalue weighted by molar-refractivity contribution is -0.120. The third-order valence-corrected chi connectivity index (χ3v) is 7.39. The van der Waals surface area contributed by atoms with Crippen molar-refractivity contribution in [3.63, 3.8) is 0 Å². The Balaban J connectivity index is 1.55. The predicted molar refractivity (Wildman–Crippen MR) is 151 cm³/mol. The molecule has 3 aromatic rings. The molecule has 9 heteroatoms. The Labute approximate surface area is 226 Å². The number of allylic oxidation sites excluding steroid dienone is 1. The number of ether oxygens (including phenoxy) is 2. The number of aromatic nitrogens is 2. The first-order valence-electron chi connectivity index (χ1n) is 12.9. The minimum atomic E-state index is -0.445. The van der Waals surface area contributed by atoms with E-state index in [1.165, 1.54) is 36.2 Å². The second-order valence-electron chi connectivity index (χ2n) is 9.76. The monoisotopic (exact) mass is 539 g/mol. The fourth-order valence-electron chi connectivity index (χ4n) is 5.17. The molecule has 202 valence electrons. The van der Waals surface area contributed by atoms with Gasteiger partial charge in [-0.3, -0.25) is 18.7 Å². The van der Waals surface area contributed by atoms with Gasteiger partial charge in [0, 0.05) is 31.1 Å². The molecule has 38 heavy (non-hydrogen) atoms. The molecular weight excluding hydrogens is 506 g/mol. The third-order valence-electron chi connectivity index (χ3n) is 7.09. The van der Waals surface area contributed by atoms with Crippen LogP contribution in [0.5, 0.6) is 11.5 Å². The molecule has 0 atom stereocenters. The first-order chi connectivity index (χ1) is 18.3. The minimum absolute atomic E-state index is 0.104. The van der Waals surface area contributed by atoms with Crippen LogP contribution >= 0.6 is 11.6 Å². The van der Waals surface area contributed by atoms with Crippen LogP contribution in [-0.2, 0) is 17.9 Å². The lowest BCUT2D eigenvalue weighted by Crippen LogP contribution is -2.40. The van der Waals surface area contributed by atoms with E-state index < -0.39 is 5.69 Å². The van der Waals surface area contributed by atoms with Crippen LogP contribution in [0.15, 0.2) is 58.3 Å². The van der Waals surface area contributed by atoms with Crippen LogP contribution in [0.3, 0.4) is 0 Å². The molecule has 1 aliphatic rings. The Hall–Kier alpha value is -3.52. The quantitative estimate of drug-likeness (QED) is 0.332. The predicted octanol–water partition coefficient (Wildman–Crippen LogP) is 5.39. The van der Waals surface area contributed by atoms with E-state index >= 15 is 0 Å². The topological polar surface area (TPSA) is 91.6 Å². The number of anilines is 1. The summed E-state index contributed by atoms with van der Waals surface area (Å²) in [4.78, 5) is 39.2. The minimum Gasteiger partial charge on any atom is -0.495 e. The molecule has 0 spiro atoms. The Morgan fingerprint density at radius 2 is 1.79 bits per heavy atom. The van der Waals surface area contributed by atoms with E-state index in [0.717, 1.165) is 12.8 Å². The Morgan fingerprint density at radius 3 is 2.50 bits per heavy atom. The Morgan fingerprint density at radius 1 is 1.08 bits per heavy atom. The fourth-order valence-corrected chi connectivity index (χ4v) is 5.41. The van der Waals surface area contributed by atoms with E-state index in [0.29, 0.717) is 64.0 Å². The highest BCUT2D eigenvalue weighted by Gasteiger charge is 2.19. The lowest BCUT2D eigenvalue weighted by atomic mass is 9.99. The maximum absolute atomic E-state index is 13.5. The summed E-state index contributed by atoms with van der Waals surface area (Å²) >= 11 is 6.29. The van der Waals surface area contributed by atoms with Crippen LogP contribution in [0, 0.1) is 5.92 Å². The van der Waals surface area contributed by atoms with Gasteiger partial charge in [0.15, 0.2) is 0 Å². The van der Waals surface area contributed by atoms with Crippen LogP contribution in [0.2, 0.25) is 5.02 Å². The van der Waals surface area contributed by atoms with Crippen LogP contribution in [0.4, 0.5) is 5.69 Å². The molecule has 1 saturated carbocycles. The number of Topliss-reactive ketones (excluding diaryl/α,β-unsaturated/α-hetero) is 1. The molecule has 1 aromatic heterocycles. The highest BCUT2D eigenvalue weighted by atomic mass is 35.5. The molecule has 4 rings (SSSR count). The summed E-state index contributed by atoms with van der Waals surface area (Å²) in [6, 6.07) is 10.3. The van der Waals surface area contributed by atoms with Crippen LogP contribution < -0.4 is 26.0 Å². The van der Waals surface area contributed by atoms with Gasteiger partial charge in [-0.25, -0.2) is 4.79 Å². The molecule has 1 N–H and O–H groups in total. The van der Waals surface area contributed by atoms with E-state index in [1.807, 2.05) is 0 Å². The molecular formula is C29H34ClN3O5. The Bertz CT molecular complexity index is 1450. The molecule has 1 fully saturated rings. The van der Waals surface area contributed by atoms with Crippen molar-refractivity contribution in [3.05, 3.63) is 74.5 Å². The molecule has 1 aliphatic carbocycles. The van der Waals surface area contributed by atoms with Gasteiger partial charge in [-0.05, 0) is 30.5 Å². The van der Waals surface area contributed by atoms with Gasteiger partial charge in [0.25, 0.3) is 5.56 Å². The number of benzene rings is 2. The fraction of sp³-hybridized carbons (Fsp3) is 0.414. The van der Waals surface area contributed by atoms with E-state index in [4.69, 9.17) is 21.1 Å². The largest absolute Gasteiger partial charge is 0.495 e. The van der Waals surface area contributed by atoms with Gasteiger partial charge in [-0.1, -0.05) is 56.0 Å². The molecule has 2 aromatic carbocycles. The molecule has 0 bridgehead atoms. The van der Waals surface area contributed by atoms with E-state index in [2.05, 4.69) is 11.9 Å². The number of rotatable bonds is 12. The van der Waals surface area contributed by atoms with Crippen LogP contribution in [-0.4, -0.2) is 29.1 Å². The normalized spacial score (nSPS) is 13.6. The van der Waals surface area contributed by atoms with Crippen molar-refractivity contribution in [1.82, 2.24) is 9.13 Å². The van der Waals surface area contributed by atoms with Gasteiger partial charge in [-0.2, -0.15) is 0 Å². The van der Waals surface area contributed by atoms with Gasteiger partial charge in [0.05, 0.1) is 42.4 Å². The summed E-state index contributed by atoms with van der Waals surface area (Å²) in [5.74, 6) is 1.66. The second kappa shape index (κ2) is 12.3. The number of fused-ring (bicyclic) bond motifs is 1. The zero-order valence-electron chi connectivity index (χ0n) is 21.9. The maximum Gasteiger partial charge on any atom is 0.331 e. The van der Waals surface area contributed by atoms with Gasteiger partial charge in [0.2, 0.25) is 0 Å². The standard InChI is InChI=1S/C29H34ClN3O5/c1-19(31-24-16-23(30)26(37-2)17-27(24)38-3)18-33-25-13-7-6-12-22(25)28(35)32(29(33)36)14-8-11-21(34)15-20-9-4-5-10-20/h6-7,12-13,16-17,20,31H,1,4-5,8-11,14-15,18H2,2-3H3. The van der Waals surface area contributed by atoms with Crippen molar-refractivity contribution in [2.75, 3.05) is 19.5 Å². The summed E-state index contributed by atoms with van der Waals surface area (Å²) in [6.07, 6.45) is 6.04. The molecule has 0 aliphatic heterocycles. The lowest BCUT2D eigenvalue weighted by Gasteiger charge is -2.18. The number of hydrogen-bond donors (Lipinski definition) is 1. The van der Waals surface area contributed by atoms with Gasteiger partial charge in [0.1, 0.15) is 17.3 Å². The number of halogens is 1. The van der Waals surface area contributed by atoms with E-state index in [-0.39, 0.29) is 24.4 Å². The van der Waals surface area contributed by atoms with Crippen molar-refractivity contribution in [2.45, 2.75) is 58.0 Å². The van der Waals surface area contributed by atoms with Gasteiger partial charge in [-0.15, -0.1) is 0 Å². The Kier molecular flexibility index (Phi) is 8.94. The zero-order valence-corrected chi connectivity index (χ0v) is 22.7. The SMILES string of the molecule is C=C(Cn1c(=O)n(CCCC(=O)CC2CCCC2)c(=O)c2ccccc21)Nc1cc(Cl)c(OC)cc1OC. The van der Waals surface area contributed by atoms with Crippen molar-refractivity contribution < 1.29 is 14.3 Å². The van der Waals surface area contributed by atoms with Crippen LogP contribution in [0.25, 0.3) is 10.9 Å². The molecule has 0 amide bonds. The number of para-hydroxylation sites is 1. The average molecular weight is 540 g/mol. The molecule has 0 saturated heterocycles. The first kappa shape index (κ1) is 27.5. The number of nitrogens with one attached hydrogen (secondary N) is 1. The molecule has 0 unspecified atom stereocenters. The van der Waals surface area contributed by atoms with E-state index in [1.54, 1.807) is 36.4 Å². The van der Waals surface area contributed by atoms with Gasteiger partial charge < -0.3 is 14.8 Å². The second-order valence-corrected chi connectivity index (χ2v) is 10.2. The van der Waals surface area contributed by atoms with Crippen molar-refractivity contribution in [3.8, 4) is 11.5 Å². The number of carbonyl (C=O) groups is 1. The van der Waals surface area contributed by atoms with Crippen LogP contribution in [0.1, 0.15) is 44.9 Å². The highest BCUT2D eigenvalue weighted by molar-refractivity contribution is 6.32. The third kappa shape index (κ3) is 6.13. The number of nitrogens with zero attached hydrogens (tertiary/aromatic N) is 2. The zero-order chi connectivity index (χ0) is 27.2. The highest BCUT2D eigenvalue weighted by Crippen LogP contribution is 2.36. The number of hydrogen-bond acceptors (Lipinski definition) is 6. The number of methoxy groups -OCH3 is 2. The summed E-state index contributed by atoms with van der Waals surface area (Å²) in [6.45, 7) is 4.38. The molecule has 8 nitrogen and oxygen atoms in total. The summed E-state index contributed by atoms with van der Waals surface area (Å²) < 4.78 is 13.4. The summed E-state index contributed by atoms with van der Waals surface area (Å²) in [7, 11) is 3.05. The van der Waals surface area contributed by atoms with Crippen molar-refractivity contribution in [1.29, 1.82) is 0 Å². The maximum atomic E-state index is 13.5. The first-order valence-corrected chi connectivity index (χ1v) is 13.3. The van der Waals surface area contributed by atoms with E-state index in [9.17, 15) is 14.4 Å². The van der Waals surface area contributed by atoms with Crippen molar-refractivity contribution >= 4 is 34.0 Å².